The number of alkyl halides is 3. The molecule has 0 aliphatic rings. The van der Waals surface area contributed by atoms with Gasteiger partial charge in [0.05, 0.1) is 10.5 Å². The van der Waals surface area contributed by atoms with Gasteiger partial charge in [-0.1, -0.05) is 18.5 Å². The lowest BCUT2D eigenvalue weighted by molar-refractivity contribution is -0.140. The molecule has 5 nitrogen and oxygen atoms in total. The van der Waals surface area contributed by atoms with Gasteiger partial charge in [0.15, 0.2) is 0 Å². The van der Waals surface area contributed by atoms with E-state index in [0.717, 1.165) is 6.07 Å². The standard InChI is InChI=1S/C11H11ClF3NO4S/c1-2-8(10(17)18)16-21(19,20)9-4-3-6(12)5-7(9)11(13,14)15/h3-5,8,16H,2H2,1H3,(H,17,18). The number of carbonyl (C=O) groups is 1. The molecular formula is C11H11ClF3NO4S. The first-order valence-corrected chi connectivity index (χ1v) is 7.47. The van der Waals surface area contributed by atoms with Gasteiger partial charge in [0.1, 0.15) is 6.04 Å². The number of hydrogen-bond acceptors (Lipinski definition) is 3. The molecule has 118 valence electrons. The summed E-state index contributed by atoms with van der Waals surface area (Å²) in [7, 11) is -4.66. The van der Waals surface area contributed by atoms with Crippen molar-refractivity contribution in [3.63, 3.8) is 0 Å². The molecule has 0 aliphatic heterocycles. The minimum atomic E-state index is -4.94. The summed E-state index contributed by atoms with van der Waals surface area (Å²) in [5.41, 5.74) is -1.46. The Morgan fingerprint density at radius 3 is 2.43 bits per heavy atom. The van der Waals surface area contributed by atoms with E-state index in [4.69, 9.17) is 16.7 Å². The highest BCUT2D eigenvalue weighted by atomic mass is 35.5. The molecule has 1 aromatic carbocycles. The molecule has 1 atom stereocenters. The van der Waals surface area contributed by atoms with Gasteiger partial charge in [0, 0.05) is 5.02 Å². The molecule has 0 radical (unpaired) electrons. The Labute approximate surface area is 123 Å². The Bertz CT molecular complexity index is 645. The minimum Gasteiger partial charge on any atom is -0.480 e. The number of carboxylic acids is 1. The fourth-order valence-electron chi connectivity index (χ4n) is 1.52. The molecule has 0 bridgehead atoms. The normalized spacial score (nSPS) is 14.0. The zero-order chi connectivity index (χ0) is 16.4. The van der Waals surface area contributed by atoms with Crippen LogP contribution in [0.3, 0.4) is 0 Å². The number of nitrogens with one attached hydrogen (secondary N) is 1. The average molecular weight is 346 g/mol. The van der Waals surface area contributed by atoms with Gasteiger partial charge >= 0.3 is 12.1 Å². The molecule has 0 heterocycles. The van der Waals surface area contributed by atoms with Gasteiger partial charge in [-0.15, -0.1) is 0 Å². The molecule has 0 aliphatic carbocycles. The van der Waals surface area contributed by atoms with Crippen molar-refractivity contribution >= 4 is 27.6 Å². The summed E-state index contributed by atoms with van der Waals surface area (Å²) in [5.74, 6) is -1.48. The summed E-state index contributed by atoms with van der Waals surface area (Å²) in [5, 5.41) is 8.50. The van der Waals surface area contributed by atoms with Crippen LogP contribution < -0.4 is 4.72 Å². The Kier molecular flexibility index (Phi) is 5.24. The Balaban J connectivity index is 3.35. The Hall–Kier alpha value is -1.32. The molecule has 10 heteroatoms. The van der Waals surface area contributed by atoms with Crippen LogP contribution in [0.2, 0.25) is 5.02 Å². The van der Waals surface area contributed by atoms with E-state index >= 15 is 0 Å². The Morgan fingerprint density at radius 1 is 1.43 bits per heavy atom. The molecule has 1 unspecified atom stereocenters. The van der Waals surface area contributed by atoms with Crippen LogP contribution in [-0.2, 0) is 21.0 Å². The van der Waals surface area contributed by atoms with Gasteiger partial charge in [-0.25, -0.2) is 8.42 Å². The lowest BCUT2D eigenvalue weighted by Crippen LogP contribution is -2.40. The van der Waals surface area contributed by atoms with E-state index in [1.165, 1.54) is 6.92 Å². The van der Waals surface area contributed by atoms with Crippen LogP contribution in [0.1, 0.15) is 18.9 Å². The highest BCUT2D eigenvalue weighted by Gasteiger charge is 2.38. The van der Waals surface area contributed by atoms with Crippen molar-refractivity contribution in [2.45, 2.75) is 30.5 Å². The van der Waals surface area contributed by atoms with Crippen molar-refractivity contribution in [3.8, 4) is 0 Å². The number of halogens is 4. The van der Waals surface area contributed by atoms with Crippen molar-refractivity contribution in [1.29, 1.82) is 0 Å². The van der Waals surface area contributed by atoms with E-state index < -0.39 is 38.7 Å². The molecule has 0 aromatic heterocycles. The molecule has 0 saturated heterocycles. The first-order valence-electron chi connectivity index (χ1n) is 5.61. The van der Waals surface area contributed by atoms with E-state index in [2.05, 4.69) is 0 Å². The number of sulfonamides is 1. The fourth-order valence-corrected chi connectivity index (χ4v) is 3.17. The topological polar surface area (TPSA) is 83.5 Å². The van der Waals surface area contributed by atoms with Crippen LogP contribution in [0.25, 0.3) is 0 Å². The Morgan fingerprint density at radius 2 is 2.00 bits per heavy atom. The zero-order valence-electron chi connectivity index (χ0n) is 10.6. The lowest BCUT2D eigenvalue weighted by atomic mass is 10.2. The monoisotopic (exact) mass is 345 g/mol. The van der Waals surface area contributed by atoms with Gasteiger partial charge in [0.2, 0.25) is 10.0 Å². The molecule has 0 spiro atoms. The zero-order valence-corrected chi connectivity index (χ0v) is 12.2. The van der Waals surface area contributed by atoms with Gasteiger partial charge in [-0.2, -0.15) is 17.9 Å². The van der Waals surface area contributed by atoms with Crippen LogP contribution in [0, 0.1) is 0 Å². The van der Waals surface area contributed by atoms with Crippen LogP contribution in [-0.4, -0.2) is 25.5 Å². The van der Waals surface area contributed by atoms with E-state index in [9.17, 15) is 26.4 Å². The van der Waals surface area contributed by atoms with Crippen molar-refractivity contribution < 1.29 is 31.5 Å². The van der Waals surface area contributed by atoms with Crippen LogP contribution in [0.4, 0.5) is 13.2 Å². The fraction of sp³-hybridized carbons (Fsp3) is 0.364. The molecule has 0 amide bonds. The maximum absolute atomic E-state index is 12.9. The summed E-state index contributed by atoms with van der Waals surface area (Å²) in [4.78, 5) is 9.73. The quantitative estimate of drug-likeness (QED) is 0.859. The second-order valence-corrected chi connectivity index (χ2v) is 6.18. The summed E-state index contributed by atoms with van der Waals surface area (Å²) in [6, 6.07) is 0.610. The molecule has 0 saturated carbocycles. The summed E-state index contributed by atoms with van der Waals surface area (Å²) >= 11 is 5.45. The minimum absolute atomic E-state index is 0.122. The van der Waals surface area contributed by atoms with Gasteiger partial charge in [-0.05, 0) is 24.6 Å². The predicted octanol–water partition coefficient (Wildman–Crippen LogP) is 2.50. The molecule has 1 rings (SSSR count). The third-order valence-corrected chi connectivity index (χ3v) is 4.31. The lowest BCUT2D eigenvalue weighted by Gasteiger charge is -2.17. The second kappa shape index (κ2) is 6.20. The highest BCUT2D eigenvalue weighted by molar-refractivity contribution is 7.89. The first-order chi connectivity index (χ1) is 9.49. The highest BCUT2D eigenvalue weighted by Crippen LogP contribution is 2.35. The number of hydrogen-bond donors (Lipinski definition) is 2. The first kappa shape index (κ1) is 17.7. The van der Waals surface area contributed by atoms with E-state index in [0.29, 0.717) is 12.1 Å². The number of carboxylic acid groups (broad SMARTS) is 1. The smallest absolute Gasteiger partial charge is 0.417 e. The third-order valence-electron chi connectivity index (χ3n) is 2.54. The van der Waals surface area contributed by atoms with Gasteiger partial charge in [-0.3, -0.25) is 4.79 Å². The summed E-state index contributed by atoms with van der Waals surface area (Å²) in [6.07, 6.45) is -5.07. The SMILES string of the molecule is CCC(NS(=O)(=O)c1ccc(Cl)cc1C(F)(F)F)C(=O)O. The molecule has 1 aromatic rings. The van der Waals surface area contributed by atoms with Crippen molar-refractivity contribution in [2.24, 2.45) is 0 Å². The predicted molar refractivity (Wildman–Crippen MR) is 68.5 cm³/mol. The van der Waals surface area contributed by atoms with Crippen LogP contribution in [0.5, 0.6) is 0 Å². The van der Waals surface area contributed by atoms with E-state index in [1.807, 2.05) is 0 Å². The van der Waals surface area contributed by atoms with E-state index in [1.54, 1.807) is 4.72 Å². The van der Waals surface area contributed by atoms with E-state index in [-0.39, 0.29) is 11.4 Å². The molecule has 21 heavy (non-hydrogen) atoms. The molecule has 2 N–H and O–H groups in total. The van der Waals surface area contributed by atoms with Crippen molar-refractivity contribution in [1.82, 2.24) is 4.72 Å². The van der Waals surface area contributed by atoms with Crippen molar-refractivity contribution in [3.05, 3.63) is 28.8 Å². The average Bonchev–Trinajstić information content (AvgIpc) is 2.34. The second-order valence-electron chi connectivity index (χ2n) is 4.06. The largest absolute Gasteiger partial charge is 0.480 e. The van der Waals surface area contributed by atoms with Crippen LogP contribution in [0.15, 0.2) is 23.1 Å². The van der Waals surface area contributed by atoms with Crippen molar-refractivity contribution in [2.75, 3.05) is 0 Å². The third kappa shape index (κ3) is 4.32. The summed E-state index contributed by atoms with van der Waals surface area (Å²) < 4.78 is 64.3. The molecular weight excluding hydrogens is 335 g/mol. The number of benzene rings is 1. The number of rotatable bonds is 5. The maximum Gasteiger partial charge on any atom is 0.417 e. The van der Waals surface area contributed by atoms with Gasteiger partial charge in [0.25, 0.3) is 0 Å². The molecule has 0 fully saturated rings. The maximum atomic E-state index is 12.9. The number of aliphatic carboxylic acids is 1. The van der Waals surface area contributed by atoms with Crippen LogP contribution >= 0.6 is 11.6 Å². The van der Waals surface area contributed by atoms with Gasteiger partial charge < -0.3 is 5.11 Å². The summed E-state index contributed by atoms with van der Waals surface area (Å²) in [6.45, 7) is 1.38.